The van der Waals surface area contributed by atoms with Gasteiger partial charge < -0.3 is 15.7 Å². The zero-order chi connectivity index (χ0) is 22.2. The van der Waals surface area contributed by atoms with Crippen molar-refractivity contribution in [2.24, 2.45) is 5.10 Å². The number of anilines is 2. The Morgan fingerprint density at radius 2 is 1.58 bits per heavy atom. The van der Waals surface area contributed by atoms with Gasteiger partial charge in [-0.15, -0.1) is 0 Å². The average molecular weight is 437 g/mol. The normalized spacial score (nSPS) is 10.5. The van der Waals surface area contributed by atoms with Crippen LogP contribution in [0.4, 0.5) is 11.4 Å². The van der Waals surface area contributed by atoms with Crippen LogP contribution in [0.25, 0.3) is 0 Å². The van der Waals surface area contributed by atoms with E-state index in [1.165, 1.54) is 30.3 Å². The third kappa shape index (κ3) is 5.91. The van der Waals surface area contributed by atoms with Crippen LogP contribution in [-0.4, -0.2) is 29.0 Å². The molecule has 0 saturated carbocycles. The molecule has 0 atom stereocenters. The number of benzene rings is 3. The summed E-state index contributed by atoms with van der Waals surface area (Å²) in [6.45, 7) is 0. The highest BCUT2D eigenvalue weighted by Crippen LogP contribution is 2.20. The maximum atomic E-state index is 12.6. The van der Waals surface area contributed by atoms with E-state index in [9.17, 15) is 19.5 Å². The zero-order valence-electron chi connectivity index (χ0n) is 16.0. The Labute approximate surface area is 182 Å². The number of phenols is 1. The molecule has 0 aliphatic heterocycles. The minimum atomic E-state index is -1.06. The van der Waals surface area contributed by atoms with Crippen molar-refractivity contribution in [3.05, 3.63) is 88.9 Å². The lowest BCUT2D eigenvalue weighted by atomic mass is 10.1. The summed E-state index contributed by atoms with van der Waals surface area (Å²) in [5.41, 5.74) is 3.24. The Kier molecular flexibility index (Phi) is 6.97. The van der Waals surface area contributed by atoms with Gasteiger partial charge in [-0.1, -0.05) is 41.9 Å². The molecular formula is C22H17ClN4O4. The molecule has 31 heavy (non-hydrogen) atoms. The number of amides is 3. The van der Waals surface area contributed by atoms with Crippen LogP contribution in [0.5, 0.6) is 5.75 Å². The molecule has 8 nitrogen and oxygen atoms in total. The molecule has 0 unspecified atom stereocenters. The van der Waals surface area contributed by atoms with Crippen LogP contribution in [0.15, 0.2) is 77.9 Å². The molecule has 0 saturated heterocycles. The van der Waals surface area contributed by atoms with Crippen molar-refractivity contribution < 1.29 is 19.5 Å². The van der Waals surface area contributed by atoms with Crippen molar-refractivity contribution in [3.63, 3.8) is 0 Å². The van der Waals surface area contributed by atoms with Crippen molar-refractivity contribution in [2.75, 3.05) is 10.6 Å². The number of hydrogen-bond donors (Lipinski definition) is 4. The summed E-state index contributed by atoms with van der Waals surface area (Å²) in [4.78, 5) is 36.8. The van der Waals surface area contributed by atoms with E-state index in [1.54, 1.807) is 36.4 Å². The van der Waals surface area contributed by atoms with Crippen LogP contribution < -0.4 is 16.1 Å². The number of hydrogen-bond acceptors (Lipinski definition) is 5. The van der Waals surface area contributed by atoms with Gasteiger partial charge in [-0.3, -0.25) is 14.4 Å². The van der Waals surface area contributed by atoms with Crippen molar-refractivity contribution in [1.82, 2.24) is 5.43 Å². The van der Waals surface area contributed by atoms with Gasteiger partial charge in [0.1, 0.15) is 5.75 Å². The standard InChI is InChI=1S/C22H17ClN4O4/c23-15-10-11-19(28)14(12-15)13-24-27-22(31)21(30)26-18-9-5-4-8-17(18)20(29)25-16-6-2-1-3-7-16/h1-13,28H,(H,25,29)(H,26,30)(H,27,31)/b24-13-. The van der Waals surface area contributed by atoms with Crippen LogP contribution in [0.2, 0.25) is 5.02 Å². The van der Waals surface area contributed by atoms with Gasteiger partial charge >= 0.3 is 11.8 Å². The molecular weight excluding hydrogens is 420 g/mol. The van der Waals surface area contributed by atoms with E-state index < -0.39 is 17.7 Å². The first kappa shape index (κ1) is 21.5. The van der Waals surface area contributed by atoms with Gasteiger partial charge in [0.05, 0.1) is 17.5 Å². The van der Waals surface area contributed by atoms with Crippen molar-refractivity contribution >= 4 is 46.9 Å². The maximum Gasteiger partial charge on any atom is 0.329 e. The number of carbonyl (C=O) groups excluding carboxylic acids is 3. The number of carbonyl (C=O) groups is 3. The fraction of sp³-hybridized carbons (Fsp3) is 0. The van der Waals surface area contributed by atoms with E-state index in [2.05, 4.69) is 21.2 Å². The molecule has 0 spiro atoms. The first-order chi connectivity index (χ1) is 14.9. The molecule has 0 fully saturated rings. The summed E-state index contributed by atoms with van der Waals surface area (Å²) in [6, 6.07) is 19.4. The van der Waals surface area contributed by atoms with E-state index in [4.69, 9.17) is 11.6 Å². The highest BCUT2D eigenvalue weighted by Gasteiger charge is 2.17. The summed E-state index contributed by atoms with van der Waals surface area (Å²) in [7, 11) is 0. The van der Waals surface area contributed by atoms with Crippen LogP contribution in [0.3, 0.4) is 0 Å². The number of hydrazone groups is 1. The number of rotatable bonds is 5. The fourth-order valence-corrected chi connectivity index (χ4v) is 2.71. The third-order valence-electron chi connectivity index (χ3n) is 4.02. The quantitative estimate of drug-likeness (QED) is 0.278. The van der Waals surface area contributed by atoms with Gasteiger partial charge in [0.15, 0.2) is 0 Å². The Hall–Kier alpha value is -4.17. The molecule has 0 radical (unpaired) electrons. The molecule has 4 N–H and O–H groups in total. The van der Waals surface area contributed by atoms with Gasteiger partial charge in [-0.2, -0.15) is 5.10 Å². The Morgan fingerprint density at radius 3 is 2.35 bits per heavy atom. The van der Waals surface area contributed by atoms with Gasteiger partial charge in [-0.05, 0) is 42.5 Å². The lowest BCUT2D eigenvalue weighted by molar-refractivity contribution is -0.136. The first-order valence-electron chi connectivity index (χ1n) is 9.02. The maximum absolute atomic E-state index is 12.6. The van der Waals surface area contributed by atoms with E-state index in [-0.39, 0.29) is 22.6 Å². The summed E-state index contributed by atoms with van der Waals surface area (Å²) in [6.07, 6.45) is 1.15. The van der Waals surface area contributed by atoms with E-state index in [0.29, 0.717) is 10.7 Å². The Morgan fingerprint density at radius 1 is 0.871 bits per heavy atom. The zero-order valence-corrected chi connectivity index (χ0v) is 16.8. The summed E-state index contributed by atoms with van der Waals surface area (Å²) >= 11 is 5.83. The second-order valence-corrected chi connectivity index (χ2v) is 6.66. The van der Waals surface area contributed by atoms with Gasteiger partial charge in [0, 0.05) is 16.3 Å². The summed E-state index contributed by atoms with van der Waals surface area (Å²) < 4.78 is 0. The molecule has 0 bridgehead atoms. The monoisotopic (exact) mass is 436 g/mol. The van der Waals surface area contributed by atoms with E-state index >= 15 is 0 Å². The lowest BCUT2D eigenvalue weighted by Crippen LogP contribution is -2.33. The highest BCUT2D eigenvalue weighted by atomic mass is 35.5. The highest BCUT2D eigenvalue weighted by molar-refractivity contribution is 6.40. The molecule has 156 valence electrons. The molecule has 9 heteroatoms. The van der Waals surface area contributed by atoms with Crippen LogP contribution >= 0.6 is 11.6 Å². The van der Waals surface area contributed by atoms with Gasteiger partial charge in [-0.25, -0.2) is 5.43 Å². The number of nitrogens with zero attached hydrogens (tertiary/aromatic N) is 1. The smallest absolute Gasteiger partial charge is 0.329 e. The minimum Gasteiger partial charge on any atom is -0.507 e. The molecule has 3 amide bonds. The molecule has 0 aliphatic carbocycles. The number of halogens is 1. The number of phenolic OH excluding ortho intramolecular Hbond substituents is 1. The Balaban J connectivity index is 1.65. The number of nitrogens with one attached hydrogen (secondary N) is 3. The largest absolute Gasteiger partial charge is 0.507 e. The van der Waals surface area contributed by atoms with Crippen LogP contribution in [0, 0.1) is 0 Å². The second kappa shape index (κ2) is 10.0. The molecule has 3 aromatic carbocycles. The lowest BCUT2D eigenvalue weighted by Gasteiger charge is -2.11. The van der Waals surface area contributed by atoms with Crippen molar-refractivity contribution in [1.29, 1.82) is 0 Å². The third-order valence-corrected chi connectivity index (χ3v) is 4.25. The molecule has 0 heterocycles. The number of para-hydroxylation sites is 2. The first-order valence-corrected chi connectivity index (χ1v) is 9.40. The second-order valence-electron chi connectivity index (χ2n) is 6.22. The van der Waals surface area contributed by atoms with Crippen LogP contribution in [-0.2, 0) is 9.59 Å². The van der Waals surface area contributed by atoms with Crippen molar-refractivity contribution in [3.8, 4) is 5.75 Å². The van der Waals surface area contributed by atoms with Gasteiger partial charge in [0.25, 0.3) is 5.91 Å². The summed E-state index contributed by atoms with van der Waals surface area (Å²) in [5, 5.41) is 18.8. The van der Waals surface area contributed by atoms with Crippen molar-refractivity contribution in [2.45, 2.75) is 0 Å². The fourth-order valence-electron chi connectivity index (χ4n) is 2.53. The predicted molar refractivity (Wildman–Crippen MR) is 118 cm³/mol. The van der Waals surface area contributed by atoms with E-state index in [0.717, 1.165) is 6.21 Å². The van der Waals surface area contributed by atoms with E-state index in [1.807, 2.05) is 6.07 Å². The molecule has 0 aliphatic rings. The summed E-state index contributed by atoms with van der Waals surface area (Å²) in [5.74, 6) is -2.62. The predicted octanol–water partition coefficient (Wildman–Crippen LogP) is 3.39. The molecule has 3 rings (SSSR count). The molecule has 3 aromatic rings. The topological polar surface area (TPSA) is 120 Å². The number of aromatic hydroxyl groups is 1. The SMILES string of the molecule is O=C(N/N=C\c1cc(Cl)ccc1O)C(=O)Nc1ccccc1C(=O)Nc1ccccc1. The Bertz CT molecular complexity index is 1150. The minimum absolute atomic E-state index is 0.0924. The molecule has 0 aromatic heterocycles. The van der Waals surface area contributed by atoms with Crippen LogP contribution in [0.1, 0.15) is 15.9 Å². The van der Waals surface area contributed by atoms with Gasteiger partial charge in [0.2, 0.25) is 0 Å². The average Bonchev–Trinajstić information content (AvgIpc) is 2.77.